The molecular formula is C7H16S2Sn. The molecule has 1 saturated heterocycles. The summed E-state index contributed by atoms with van der Waals surface area (Å²) in [5, 5.41) is 0. The Hall–Kier alpha value is 1.50. The molecule has 0 nitrogen and oxygen atoms in total. The van der Waals surface area contributed by atoms with Gasteiger partial charge < -0.3 is 27.0 Å². The molecule has 60 valence electrons. The third-order valence-electron chi connectivity index (χ3n) is 1.71. The standard InChI is InChI=1S/C7H14.2H2S.Sn/c1-3-5-7-6-4-2;;;/h1-7H2;2*1H2;/q;;;+2/p-2. The van der Waals surface area contributed by atoms with Gasteiger partial charge in [-0.25, -0.2) is 0 Å². The van der Waals surface area contributed by atoms with Crippen LogP contribution in [0, 0.1) is 0 Å². The van der Waals surface area contributed by atoms with Gasteiger partial charge >= 0.3 is 62.1 Å². The largest absolute Gasteiger partial charge is 0.813 e. The van der Waals surface area contributed by atoms with E-state index in [9.17, 15) is 0 Å². The van der Waals surface area contributed by atoms with Crippen LogP contribution in [-0.2, 0) is 27.0 Å². The van der Waals surface area contributed by atoms with Crippen molar-refractivity contribution in [1.29, 1.82) is 0 Å². The molecule has 1 aliphatic rings. The number of hydrogen-bond donors (Lipinski definition) is 0. The molecule has 0 spiro atoms. The molecule has 0 unspecified atom stereocenters. The van der Waals surface area contributed by atoms with Crippen molar-refractivity contribution in [2.75, 3.05) is 0 Å². The second-order valence-electron chi connectivity index (χ2n) is 2.52. The minimum Gasteiger partial charge on any atom is -0.813 e. The summed E-state index contributed by atoms with van der Waals surface area (Å²) in [6.45, 7) is 0. The van der Waals surface area contributed by atoms with Crippen molar-refractivity contribution in [3.63, 3.8) is 0 Å². The van der Waals surface area contributed by atoms with Crippen LogP contribution in [-0.4, -0.2) is 21.1 Å². The summed E-state index contributed by atoms with van der Waals surface area (Å²) in [6, 6.07) is 0. The summed E-state index contributed by atoms with van der Waals surface area (Å²) in [7, 11) is 0. The zero-order chi connectivity index (χ0) is 5.66. The predicted octanol–water partition coefficient (Wildman–Crippen LogP) is 1.95. The second kappa shape index (κ2) is 10.5. The molecule has 0 aromatic heterocycles. The van der Waals surface area contributed by atoms with Gasteiger partial charge in [-0.2, -0.15) is 0 Å². The maximum atomic E-state index is 1.67. The van der Waals surface area contributed by atoms with E-state index in [1.807, 2.05) is 0 Å². The summed E-state index contributed by atoms with van der Waals surface area (Å²) >= 11 is 0.217. The van der Waals surface area contributed by atoms with Crippen LogP contribution >= 0.6 is 0 Å². The molecule has 0 saturated carbocycles. The van der Waals surface area contributed by atoms with E-state index in [4.69, 9.17) is 0 Å². The Morgan fingerprint density at radius 1 is 0.600 bits per heavy atom. The van der Waals surface area contributed by atoms with Gasteiger partial charge in [-0.1, -0.05) is 0 Å². The van der Waals surface area contributed by atoms with Gasteiger partial charge in [0.25, 0.3) is 0 Å². The quantitative estimate of drug-likeness (QED) is 0.378. The van der Waals surface area contributed by atoms with E-state index in [2.05, 4.69) is 0 Å². The minimum atomic E-state index is 0. The van der Waals surface area contributed by atoms with Gasteiger partial charge in [-0.3, -0.25) is 0 Å². The second-order valence-corrected chi connectivity index (χ2v) is 6.80. The fourth-order valence-corrected chi connectivity index (χ4v) is 4.72. The molecule has 1 rings (SSSR count). The van der Waals surface area contributed by atoms with Crippen molar-refractivity contribution in [3.8, 4) is 0 Å². The van der Waals surface area contributed by atoms with Gasteiger partial charge in [0.2, 0.25) is 0 Å². The SMILES string of the molecule is C1CC[CH2][Sn+2][CH2]CC1.[SH-].[SH-]. The van der Waals surface area contributed by atoms with Gasteiger partial charge in [0.05, 0.1) is 0 Å². The summed E-state index contributed by atoms with van der Waals surface area (Å²) in [4.78, 5) is 0. The number of rotatable bonds is 0. The first-order valence-electron chi connectivity index (χ1n) is 3.71. The van der Waals surface area contributed by atoms with Crippen LogP contribution in [0.4, 0.5) is 0 Å². The summed E-state index contributed by atoms with van der Waals surface area (Å²) < 4.78 is 3.34. The van der Waals surface area contributed by atoms with Crippen molar-refractivity contribution in [3.05, 3.63) is 0 Å². The van der Waals surface area contributed by atoms with Crippen molar-refractivity contribution in [2.45, 2.75) is 41.0 Å². The Morgan fingerprint density at radius 2 is 1.00 bits per heavy atom. The summed E-state index contributed by atoms with van der Waals surface area (Å²) in [6.07, 6.45) is 7.76. The summed E-state index contributed by atoms with van der Waals surface area (Å²) in [5.41, 5.74) is 0. The van der Waals surface area contributed by atoms with E-state index in [1.54, 1.807) is 34.6 Å². The molecule has 0 atom stereocenters. The first-order valence-corrected chi connectivity index (χ1v) is 7.74. The normalized spacial score (nSPS) is 17.6. The average Bonchev–Trinajstić information content (AvgIpc) is 1.62. The average molecular weight is 283 g/mol. The third-order valence-corrected chi connectivity index (χ3v) is 5.74. The molecule has 0 bridgehead atoms. The van der Waals surface area contributed by atoms with Gasteiger partial charge in [0.15, 0.2) is 0 Å². The van der Waals surface area contributed by atoms with Gasteiger partial charge in [-0.15, -0.1) is 0 Å². The van der Waals surface area contributed by atoms with E-state index in [0.29, 0.717) is 0 Å². The Kier molecular flexibility index (Phi) is 14.7. The Balaban J connectivity index is 0. The zero-order valence-electron chi connectivity index (χ0n) is 6.34. The Morgan fingerprint density at radius 3 is 1.50 bits per heavy atom. The van der Waals surface area contributed by atoms with Gasteiger partial charge in [0, 0.05) is 0 Å². The first kappa shape index (κ1) is 14.0. The van der Waals surface area contributed by atoms with Crippen molar-refractivity contribution in [1.82, 2.24) is 0 Å². The van der Waals surface area contributed by atoms with E-state index in [1.165, 1.54) is 6.42 Å². The topological polar surface area (TPSA) is 0 Å². The van der Waals surface area contributed by atoms with Gasteiger partial charge in [-0.05, 0) is 0 Å². The first-order chi connectivity index (χ1) is 4.00. The molecule has 0 aromatic carbocycles. The molecule has 0 aromatic rings. The molecule has 3 heteroatoms. The van der Waals surface area contributed by atoms with Crippen LogP contribution in [0.1, 0.15) is 32.1 Å². The molecule has 1 heterocycles. The summed E-state index contributed by atoms with van der Waals surface area (Å²) in [5.74, 6) is 0. The van der Waals surface area contributed by atoms with E-state index < -0.39 is 0 Å². The molecule has 1 aliphatic heterocycles. The van der Waals surface area contributed by atoms with Crippen LogP contribution in [0.25, 0.3) is 0 Å². The molecule has 0 N–H and O–H groups in total. The van der Waals surface area contributed by atoms with Gasteiger partial charge in [0.1, 0.15) is 0 Å². The Labute approximate surface area is 88.7 Å². The minimum absolute atomic E-state index is 0. The van der Waals surface area contributed by atoms with Crippen LogP contribution in [0.2, 0.25) is 8.87 Å². The van der Waals surface area contributed by atoms with Crippen LogP contribution in [0.3, 0.4) is 0 Å². The monoisotopic (exact) mass is 284 g/mol. The molecule has 1 fully saturated rings. The van der Waals surface area contributed by atoms with Crippen LogP contribution in [0.15, 0.2) is 0 Å². The van der Waals surface area contributed by atoms with Crippen LogP contribution in [0.5, 0.6) is 0 Å². The predicted molar refractivity (Wildman–Crippen MR) is 56.0 cm³/mol. The molecule has 10 heavy (non-hydrogen) atoms. The van der Waals surface area contributed by atoms with Crippen molar-refractivity contribution in [2.24, 2.45) is 0 Å². The van der Waals surface area contributed by atoms with E-state index >= 15 is 0 Å². The maximum Gasteiger partial charge on any atom is -0.813 e. The van der Waals surface area contributed by atoms with Crippen molar-refractivity contribution < 1.29 is 0 Å². The fraction of sp³-hybridized carbons (Fsp3) is 1.00. The van der Waals surface area contributed by atoms with Crippen LogP contribution < -0.4 is 0 Å². The molecule has 0 radical (unpaired) electrons. The van der Waals surface area contributed by atoms with Crippen molar-refractivity contribution >= 4 is 48.1 Å². The molecule has 0 aliphatic carbocycles. The number of thiol groups is 2. The van der Waals surface area contributed by atoms with E-state index in [0.717, 1.165) is 0 Å². The number of hydrogen-bond acceptors (Lipinski definition) is 2. The third kappa shape index (κ3) is 7.60. The molecule has 0 amide bonds. The smallest absolute Gasteiger partial charge is 0.813 e. The zero-order valence-corrected chi connectivity index (χ0v) is 11.0. The maximum absolute atomic E-state index is 1.67. The van der Waals surface area contributed by atoms with E-state index in [-0.39, 0.29) is 48.1 Å². The fourth-order valence-electron chi connectivity index (χ4n) is 1.16. The molecular weight excluding hydrogens is 267 g/mol. The Bertz CT molecular complexity index is 35.6.